The van der Waals surface area contributed by atoms with Crippen LogP contribution in [0.3, 0.4) is 0 Å². The molecule has 0 radical (unpaired) electrons. The molecule has 0 unspecified atom stereocenters. The Morgan fingerprint density at radius 1 is 1.14 bits per heavy atom. The number of allylic oxidation sites excluding steroid dienone is 2. The monoisotopic (exact) mass is 618 g/mol. The molecule has 1 aliphatic heterocycles. The van der Waals surface area contributed by atoms with Crippen molar-refractivity contribution in [2.75, 3.05) is 0 Å². The van der Waals surface area contributed by atoms with Gasteiger partial charge in [0.2, 0.25) is 0 Å². The molecular formula is C36H58O8. The lowest BCUT2D eigenvalue weighted by molar-refractivity contribution is -0.307. The van der Waals surface area contributed by atoms with Gasteiger partial charge in [0.1, 0.15) is 12.2 Å². The summed E-state index contributed by atoms with van der Waals surface area (Å²) in [6, 6.07) is 0. The van der Waals surface area contributed by atoms with Gasteiger partial charge in [-0.3, -0.25) is 4.79 Å². The second-order valence-corrected chi connectivity index (χ2v) is 15.9. The van der Waals surface area contributed by atoms with E-state index in [2.05, 4.69) is 47.3 Å². The Kier molecular flexibility index (Phi) is 9.85. The van der Waals surface area contributed by atoms with Crippen LogP contribution in [0.15, 0.2) is 23.8 Å². The van der Waals surface area contributed by atoms with Crippen molar-refractivity contribution < 1.29 is 39.4 Å². The van der Waals surface area contributed by atoms with Crippen molar-refractivity contribution in [1.82, 2.24) is 0 Å². The van der Waals surface area contributed by atoms with Gasteiger partial charge in [-0.2, -0.15) is 0 Å². The van der Waals surface area contributed by atoms with Gasteiger partial charge in [0, 0.05) is 6.92 Å². The minimum absolute atomic E-state index is 0.101. The summed E-state index contributed by atoms with van der Waals surface area (Å²) in [5, 5.41) is 44.8. The number of rotatable bonds is 8. The molecule has 0 aromatic rings. The Hall–Kier alpha value is -1.29. The maximum atomic E-state index is 11.9. The number of hydrogen-bond donors (Lipinski definition) is 4. The van der Waals surface area contributed by atoms with Crippen molar-refractivity contribution in [3.8, 4) is 0 Å². The highest BCUT2D eigenvalue weighted by molar-refractivity contribution is 5.66. The molecule has 8 nitrogen and oxygen atoms in total. The number of fused-ring (bicyclic) bond motifs is 5. The minimum Gasteiger partial charge on any atom is -0.457 e. The minimum atomic E-state index is -1.33. The predicted molar refractivity (Wildman–Crippen MR) is 167 cm³/mol. The van der Waals surface area contributed by atoms with Crippen LogP contribution < -0.4 is 0 Å². The molecule has 3 saturated carbocycles. The van der Waals surface area contributed by atoms with Crippen molar-refractivity contribution in [1.29, 1.82) is 0 Å². The first-order valence-corrected chi connectivity index (χ1v) is 17.2. The third-order valence-corrected chi connectivity index (χ3v) is 12.9. The molecule has 1 saturated heterocycles. The van der Waals surface area contributed by atoms with Crippen LogP contribution in [0.4, 0.5) is 0 Å². The number of carbonyl (C=O) groups is 1. The highest BCUT2D eigenvalue weighted by Gasteiger charge is 2.64. The molecule has 44 heavy (non-hydrogen) atoms. The zero-order valence-corrected chi connectivity index (χ0v) is 27.9. The second-order valence-electron chi connectivity index (χ2n) is 15.9. The van der Waals surface area contributed by atoms with E-state index in [-0.39, 0.29) is 34.9 Å². The number of aliphatic hydroxyl groups excluding tert-OH is 4. The van der Waals surface area contributed by atoms with Gasteiger partial charge in [-0.25, -0.2) is 0 Å². The summed E-state index contributed by atoms with van der Waals surface area (Å²) in [5.41, 5.74) is 2.31. The lowest BCUT2D eigenvalue weighted by Gasteiger charge is -2.60. The average Bonchev–Trinajstić information content (AvgIpc) is 3.21. The zero-order chi connectivity index (χ0) is 32.3. The van der Waals surface area contributed by atoms with Crippen molar-refractivity contribution in [3.05, 3.63) is 23.8 Å². The van der Waals surface area contributed by atoms with E-state index in [4.69, 9.17) is 14.2 Å². The summed E-state index contributed by atoms with van der Waals surface area (Å²) in [5.74, 6) is 1.28. The predicted octanol–water partition coefficient (Wildman–Crippen LogP) is 4.92. The summed E-state index contributed by atoms with van der Waals surface area (Å²) in [4.78, 5) is 11.5. The zero-order valence-electron chi connectivity index (χ0n) is 27.9. The molecule has 4 N–H and O–H groups in total. The number of carbonyl (C=O) groups excluding carboxylic acids is 1. The third-order valence-electron chi connectivity index (χ3n) is 12.9. The average molecular weight is 619 g/mol. The van der Waals surface area contributed by atoms with Crippen LogP contribution in [0, 0.1) is 46.3 Å². The van der Waals surface area contributed by atoms with Crippen molar-refractivity contribution in [3.63, 3.8) is 0 Å². The van der Waals surface area contributed by atoms with Gasteiger partial charge in [-0.15, -0.1) is 0 Å². The molecule has 0 amide bonds. The molecular weight excluding hydrogens is 560 g/mol. The Bertz CT molecular complexity index is 1100. The Balaban J connectivity index is 1.28. The first-order valence-electron chi connectivity index (χ1n) is 17.2. The molecule has 8 heteroatoms. The highest BCUT2D eigenvalue weighted by atomic mass is 16.7. The topological polar surface area (TPSA) is 126 Å². The lowest BCUT2D eigenvalue weighted by Crippen LogP contribution is -2.59. The molecule has 0 aromatic carbocycles. The molecule has 5 rings (SSSR count). The number of hydrogen-bond acceptors (Lipinski definition) is 8. The van der Waals surface area contributed by atoms with E-state index < -0.39 is 42.8 Å². The van der Waals surface area contributed by atoms with E-state index >= 15 is 0 Å². The van der Waals surface area contributed by atoms with Gasteiger partial charge in [0.25, 0.3) is 0 Å². The molecule has 0 bridgehead atoms. The molecule has 4 aliphatic carbocycles. The van der Waals surface area contributed by atoms with Crippen LogP contribution in [0.5, 0.6) is 0 Å². The normalized spacial score (nSPS) is 47.7. The summed E-state index contributed by atoms with van der Waals surface area (Å²) in [7, 11) is 0. The first kappa shape index (κ1) is 34.1. The summed E-state index contributed by atoms with van der Waals surface area (Å²) in [6.45, 7) is 18.6. The van der Waals surface area contributed by atoms with Crippen LogP contribution in [0.1, 0.15) is 99.8 Å². The van der Waals surface area contributed by atoms with E-state index in [1.807, 2.05) is 0 Å². The fourth-order valence-corrected chi connectivity index (χ4v) is 10.5. The Labute approximate surface area is 264 Å². The molecule has 0 spiro atoms. The van der Waals surface area contributed by atoms with Crippen LogP contribution >= 0.6 is 0 Å². The lowest BCUT2D eigenvalue weighted by atomic mass is 9.46. The summed E-state index contributed by atoms with van der Waals surface area (Å²) in [6.07, 6.45) is 2.87. The summed E-state index contributed by atoms with van der Waals surface area (Å²) < 4.78 is 17.3. The molecule has 4 fully saturated rings. The van der Waals surface area contributed by atoms with E-state index in [1.165, 1.54) is 18.1 Å². The van der Waals surface area contributed by atoms with Gasteiger partial charge in [-0.05, 0) is 105 Å². The molecule has 0 aromatic heterocycles. The largest absolute Gasteiger partial charge is 0.457 e. The van der Waals surface area contributed by atoms with Crippen molar-refractivity contribution in [2.45, 2.75) is 149 Å². The van der Waals surface area contributed by atoms with Gasteiger partial charge in [-0.1, -0.05) is 58.4 Å². The number of aliphatic hydroxyl groups is 4. The van der Waals surface area contributed by atoms with Gasteiger partial charge < -0.3 is 34.6 Å². The SMILES string of the molecule is C=C(CC[C@@H](C)[C@H]1[C@@H](O)C[C@H]2[C@@H]3CC=C4C[C@@H](O[C@@H]5O[C@@H](C)[C@@H](OC(C)=O)[C@@H](O)[C@@H]5O)CC[C@]4(C)[C@H]3[C@H](O)C[C@]12C)C(C)C. The highest BCUT2D eigenvalue weighted by Crippen LogP contribution is 2.67. The standard InChI is InChI=1S/C36H58O8/c1-18(2)19(3)9-10-20(4)29-27(38)16-26-25-12-11-23-15-24(13-14-35(23,7)30(25)28(39)17-36(26,29)8)44-34-32(41)31(40)33(21(5)42-34)43-22(6)37/h11,18,20-21,24-34,38-41H,3,9-10,12-17H2,1-2,4-8H3/t20-,21+,24+,25+,26+,27+,28-,29+,30-,31+,32+,33-,34+,35+,36+/m1/s1. The maximum absolute atomic E-state index is 11.9. The smallest absolute Gasteiger partial charge is 0.303 e. The van der Waals surface area contributed by atoms with E-state index in [1.54, 1.807) is 6.92 Å². The maximum Gasteiger partial charge on any atom is 0.303 e. The van der Waals surface area contributed by atoms with Crippen LogP contribution in [-0.4, -0.2) is 75.4 Å². The van der Waals surface area contributed by atoms with Gasteiger partial charge in [0.05, 0.1) is 24.4 Å². The fourth-order valence-electron chi connectivity index (χ4n) is 10.5. The second kappa shape index (κ2) is 12.7. The first-order chi connectivity index (χ1) is 20.6. The quantitative estimate of drug-likeness (QED) is 0.223. The van der Waals surface area contributed by atoms with E-state index in [0.717, 1.165) is 44.9 Å². The van der Waals surface area contributed by atoms with Gasteiger partial charge in [0.15, 0.2) is 12.4 Å². The summed E-state index contributed by atoms with van der Waals surface area (Å²) >= 11 is 0. The Morgan fingerprint density at radius 2 is 1.84 bits per heavy atom. The number of esters is 1. The van der Waals surface area contributed by atoms with Crippen molar-refractivity contribution >= 4 is 5.97 Å². The molecule has 5 aliphatic rings. The molecule has 250 valence electrons. The van der Waals surface area contributed by atoms with Crippen LogP contribution in [-0.2, 0) is 19.0 Å². The van der Waals surface area contributed by atoms with E-state index in [9.17, 15) is 25.2 Å². The number of ether oxygens (including phenoxy) is 3. The van der Waals surface area contributed by atoms with Crippen LogP contribution in [0.2, 0.25) is 0 Å². The van der Waals surface area contributed by atoms with Crippen LogP contribution in [0.25, 0.3) is 0 Å². The van der Waals surface area contributed by atoms with Gasteiger partial charge >= 0.3 is 5.97 Å². The van der Waals surface area contributed by atoms with Crippen molar-refractivity contribution in [2.24, 2.45) is 46.3 Å². The fraction of sp³-hybridized carbons (Fsp3) is 0.861. The van der Waals surface area contributed by atoms with E-state index in [0.29, 0.717) is 30.1 Å². The third kappa shape index (κ3) is 5.97. The molecule has 15 atom stereocenters. The molecule has 1 heterocycles. The Morgan fingerprint density at radius 3 is 2.50 bits per heavy atom.